The number of benzene rings is 2. The van der Waals surface area contributed by atoms with Crippen molar-refractivity contribution in [2.75, 3.05) is 21.3 Å². The van der Waals surface area contributed by atoms with Crippen LogP contribution in [0, 0.1) is 0 Å². The molecule has 156 valence electrons. The highest BCUT2D eigenvalue weighted by Crippen LogP contribution is 2.46. The Hall–Kier alpha value is -3.28. The van der Waals surface area contributed by atoms with E-state index >= 15 is 0 Å². The SMILES string of the molecule is COc1ccc([C@@H]2CC(=O)C3=C(C2)NC(=O)C[C@@H]3c2cccc(OC)c2OC)cc1. The first-order chi connectivity index (χ1) is 14.5. The molecule has 0 saturated heterocycles. The van der Waals surface area contributed by atoms with Crippen LogP contribution in [-0.2, 0) is 9.59 Å². The number of para-hydroxylation sites is 1. The highest BCUT2D eigenvalue weighted by atomic mass is 16.5. The maximum atomic E-state index is 13.3. The van der Waals surface area contributed by atoms with E-state index in [1.165, 1.54) is 0 Å². The van der Waals surface area contributed by atoms with Crippen LogP contribution >= 0.6 is 0 Å². The van der Waals surface area contributed by atoms with Crippen molar-refractivity contribution in [1.82, 2.24) is 5.32 Å². The second-order valence-electron chi connectivity index (χ2n) is 7.58. The van der Waals surface area contributed by atoms with Gasteiger partial charge in [-0.3, -0.25) is 9.59 Å². The van der Waals surface area contributed by atoms with Crippen LogP contribution in [0.5, 0.6) is 17.2 Å². The van der Waals surface area contributed by atoms with E-state index in [1.54, 1.807) is 21.3 Å². The minimum absolute atomic E-state index is 0.0217. The zero-order chi connectivity index (χ0) is 21.3. The summed E-state index contributed by atoms with van der Waals surface area (Å²) in [6, 6.07) is 13.3. The number of allylic oxidation sites excluding steroid dienone is 2. The Labute approximate surface area is 175 Å². The summed E-state index contributed by atoms with van der Waals surface area (Å²) in [5, 5.41) is 2.96. The summed E-state index contributed by atoms with van der Waals surface area (Å²) in [6.07, 6.45) is 1.23. The molecule has 0 spiro atoms. The Morgan fingerprint density at radius 3 is 2.30 bits per heavy atom. The first-order valence-corrected chi connectivity index (χ1v) is 9.96. The summed E-state index contributed by atoms with van der Waals surface area (Å²) < 4.78 is 16.2. The van der Waals surface area contributed by atoms with Gasteiger partial charge >= 0.3 is 0 Å². The molecule has 2 aliphatic rings. The number of hydrogen-bond acceptors (Lipinski definition) is 5. The van der Waals surface area contributed by atoms with Crippen molar-refractivity contribution in [2.45, 2.75) is 31.1 Å². The highest BCUT2D eigenvalue weighted by Gasteiger charge is 2.39. The number of methoxy groups -OCH3 is 3. The van der Waals surface area contributed by atoms with Crippen LogP contribution in [0.4, 0.5) is 0 Å². The number of ketones is 1. The van der Waals surface area contributed by atoms with Gasteiger partial charge in [-0.05, 0) is 36.1 Å². The van der Waals surface area contributed by atoms with Crippen molar-refractivity contribution in [1.29, 1.82) is 0 Å². The van der Waals surface area contributed by atoms with Gasteiger partial charge < -0.3 is 19.5 Å². The van der Waals surface area contributed by atoms with Crippen LogP contribution in [0.25, 0.3) is 0 Å². The number of nitrogens with one attached hydrogen (secondary N) is 1. The molecular formula is C24H25NO5. The minimum atomic E-state index is -0.344. The van der Waals surface area contributed by atoms with Gasteiger partial charge in [0.25, 0.3) is 0 Å². The Balaban J connectivity index is 1.73. The molecule has 2 aromatic rings. The molecule has 1 aliphatic heterocycles. The van der Waals surface area contributed by atoms with Gasteiger partial charge in [0.2, 0.25) is 5.91 Å². The molecule has 2 aromatic carbocycles. The molecular weight excluding hydrogens is 382 g/mol. The molecule has 6 nitrogen and oxygen atoms in total. The van der Waals surface area contributed by atoms with E-state index in [-0.39, 0.29) is 29.9 Å². The van der Waals surface area contributed by atoms with Crippen molar-refractivity contribution < 1.29 is 23.8 Å². The quantitative estimate of drug-likeness (QED) is 0.818. The molecule has 1 amide bonds. The molecule has 0 aromatic heterocycles. The first kappa shape index (κ1) is 20.0. The summed E-state index contributed by atoms with van der Waals surface area (Å²) in [5.74, 6) is 1.58. The van der Waals surface area contributed by atoms with Crippen LogP contribution in [0.1, 0.15) is 42.2 Å². The molecule has 1 heterocycles. The second-order valence-corrected chi connectivity index (χ2v) is 7.58. The van der Waals surface area contributed by atoms with E-state index in [9.17, 15) is 9.59 Å². The summed E-state index contributed by atoms with van der Waals surface area (Å²) in [6.45, 7) is 0. The van der Waals surface area contributed by atoms with Gasteiger partial charge in [-0.25, -0.2) is 0 Å². The molecule has 0 radical (unpaired) electrons. The molecule has 4 rings (SSSR count). The summed E-state index contributed by atoms with van der Waals surface area (Å²) in [5.41, 5.74) is 3.27. The Morgan fingerprint density at radius 2 is 1.63 bits per heavy atom. The fourth-order valence-electron chi connectivity index (χ4n) is 4.52. The van der Waals surface area contributed by atoms with Crippen molar-refractivity contribution in [3.8, 4) is 17.2 Å². The summed E-state index contributed by atoms with van der Waals surface area (Å²) in [4.78, 5) is 25.8. The van der Waals surface area contributed by atoms with Crippen LogP contribution in [0.15, 0.2) is 53.7 Å². The maximum Gasteiger partial charge on any atom is 0.225 e. The topological polar surface area (TPSA) is 73.9 Å². The van der Waals surface area contributed by atoms with Crippen LogP contribution in [-0.4, -0.2) is 33.0 Å². The number of ether oxygens (including phenoxy) is 3. The summed E-state index contributed by atoms with van der Waals surface area (Å²) in [7, 11) is 4.77. The number of Topliss-reactive ketones (excluding diaryl/α,β-unsaturated/α-hetero) is 1. The molecule has 2 atom stereocenters. The number of carbonyl (C=O) groups excluding carboxylic acids is 2. The molecule has 0 bridgehead atoms. The molecule has 0 fully saturated rings. The average molecular weight is 407 g/mol. The van der Waals surface area contributed by atoms with E-state index in [4.69, 9.17) is 14.2 Å². The van der Waals surface area contributed by atoms with Gasteiger partial charge in [0.1, 0.15) is 5.75 Å². The van der Waals surface area contributed by atoms with E-state index in [0.717, 1.165) is 22.6 Å². The third kappa shape index (κ3) is 3.54. The molecule has 0 unspecified atom stereocenters. The van der Waals surface area contributed by atoms with E-state index < -0.39 is 0 Å². The lowest BCUT2D eigenvalue weighted by Gasteiger charge is -2.35. The third-order valence-electron chi connectivity index (χ3n) is 5.93. The van der Waals surface area contributed by atoms with Gasteiger partial charge in [-0.2, -0.15) is 0 Å². The molecule has 1 N–H and O–H groups in total. The largest absolute Gasteiger partial charge is 0.497 e. The van der Waals surface area contributed by atoms with Gasteiger partial charge in [0.15, 0.2) is 17.3 Å². The summed E-state index contributed by atoms with van der Waals surface area (Å²) >= 11 is 0. The minimum Gasteiger partial charge on any atom is -0.497 e. The van der Waals surface area contributed by atoms with Crippen molar-refractivity contribution in [3.63, 3.8) is 0 Å². The van der Waals surface area contributed by atoms with Gasteiger partial charge in [-0.15, -0.1) is 0 Å². The zero-order valence-electron chi connectivity index (χ0n) is 17.4. The third-order valence-corrected chi connectivity index (χ3v) is 5.93. The Kier molecular flexibility index (Phi) is 5.48. The Bertz CT molecular complexity index is 1010. The fraction of sp³-hybridized carbons (Fsp3) is 0.333. The lowest BCUT2D eigenvalue weighted by Crippen LogP contribution is -2.38. The smallest absolute Gasteiger partial charge is 0.225 e. The van der Waals surface area contributed by atoms with Gasteiger partial charge in [0, 0.05) is 35.6 Å². The normalized spacial score (nSPS) is 21.0. The first-order valence-electron chi connectivity index (χ1n) is 9.96. The lowest BCUT2D eigenvalue weighted by atomic mass is 9.73. The number of carbonyl (C=O) groups is 2. The van der Waals surface area contributed by atoms with Crippen molar-refractivity contribution >= 4 is 11.7 Å². The van der Waals surface area contributed by atoms with E-state index in [2.05, 4.69) is 5.32 Å². The standard InChI is InChI=1S/C24H25NO5/c1-28-16-9-7-14(8-10-16)15-11-19-23(20(26)12-15)18(13-22(27)25-19)17-5-4-6-21(29-2)24(17)30-3/h4-10,15,18H,11-13H2,1-3H3,(H,25,27)/t15-,18+/m0/s1. The van der Waals surface area contributed by atoms with Crippen molar-refractivity contribution in [2.24, 2.45) is 0 Å². The number of rotatable bonds is 5. The van der Waals surface area contributed by atoms with Gasteiger partial charge in [0.05, 0.1) is 21.3 Å². The van der Waals surface area contributed by atoms with E-state index in [1.807, 2.05) is 42.5 Å². The molecule has 1 aliphatic carbocycles. The number of hydrogen-bond donors (Lipinski definition) is 1. The molecule has 0 saturated carbocycles. The Morgan fingerprint density at radius 1 is 0.867 bits per heavy atom. The predicted molar refractivity (Wildman–Crippen MR) is 112 cm³/mol. The van der Waals surface area contributed by atoms with E-state index in [0.29, 0.717) is 29.9 Å². The monoisotopic (exact) mass is 407 g/mol. The fourth-order valence-corrected chi connectivity index (χ4v) is 4.52. The van der Waals surface area contributed by atoms with Crippen LogP contribution in [0.2, 0.25) is 0 Å². The maximum absolute atomic E-state index is 13.3. The zero-order valence-corrected chi connectivity index (χ0v) is 17.4. The van der Waals surface area contributed by atoms with Crippen LogP contribution < -0.4 is 19.5 Å². The molecule has 6 heteroatoms. The predicted octanol–water partition coefficient (Wildman–Crippen LogP) is 3.72. The van der Waals surface area contributed by atoms with Crippen molar-refractivity contribution in [3.05, 3.63) is 64.9 Å². The number of amides is 1. The second kappa shape index (κ2) is 8.22. The lowest BCUT2D eigenvalue weighted by molar-refractivity contribution is -0.122. The average Bonchev–Trinajstić information content (AvgIpc) is 2.77. The van der Waals surface area contributed by atoms with Crippen LogP contribution in [0.3, 0.4) is 0 Å². The highest BCUT2D eigenvalue weighted by molar-refractivity contribution is 6.02. The van der Waals surface area contributed by atoms with Gasteiger partial charge in [-0.1, -0.05) is 24.3 Å². The molecule has 30 heavy (non-hydrogen) atoms.